The summed E-state index contributed by atoms with van der Waals surface area (Å²) in [5.41, 5.74) is 1.20. The first-order valence-corrected chi connectivity index (χ1v) is 10.7. The first-order chi connectivity index (χ1) is 12.8. The van der Waals surface area contributed by atoms with Crippen LogP contribution in [0.4, 0.5) is 11.4 Å². The normalized spacial score (nSPS) is 11.0. The van der Waals surface area contributed by atoms with Gasteiger partial charge in [-0.25, -0.2) is 8.42 Å². The van der Waals surface area contributed by atoms with Crippen molar-refractivity contribution in [2.24, 2.45) is 0 Å². The van der Waals surface area contributed by atoms with E-state index < -0.39 is 15.7 Å². The molecule has 1 heterocycles. The molecule has 0 spiro atoms. The fourth-order valence-corrected chi connectivity index (χ4v) is 3.63. The van der Waals surface area contributed by atoms with Crippen LogP contribution in [-0.2, 0) is 9.84 Å². The van der Waals surface area contributed by atoms with Gasteiger partial charge in [0.1, 0.15) is 0 Å². The molecule has 138 valence electrons. The predicted octanol–water partition coefficient (Wildman–Crippen LogP) is 3.66. The van der Waals surface area contributed by atoms with Crippen LogP contribution < -0.4 is 10.6 Å². The third kappa shape index (κ3) is 4.81. The van der Waals surface area contributed by atoms with E-state index in [2.05, 4.69) is 10.6 Å². The molecular weight excluding hydrogens is 384 g/mol. The van der Waals surface area contributed by atoms with E-state index in [1.165, 1.54) is 23.5 Å². The van der Waals surface area contributed by atoms with Gasteiger partial charge in [-0.1, -0.05) is 18.2 Å². The van der Waals surface area contributed by atoms with E-state index >= 15 is 0 Å². The zero-order valence-corrected chi connectivity index (χ0v) is 15.9. The lowest BCUT2D eigenvalue weighted by Gasteiger charge is -2.09. The van der Waals surface area contributed by atoms with Gasteiger partial charge in [-0.2, -0.15) is 0 Å². The lowest BCUT2D eigenvalue weighted by atomic mass is 10.1. The van der Waals surface area contributed by atoms with Crippen LogP contribution in [0.3, 0.4) is 0 Å². The Morgan fingerprint density at radius 3 is 2.19 bits per heavy atom. The van der Waals surface area contributed by atoms with Gasteiger partial charge in [-0.05, 0) is 47.8 Å². The first-order valence-electron chi connectivity index (χ1n) is 7.89. The maximum absolute atomic E-state index is 12.5. The number of carbonyl (C=O) groups is 2. The lowest BCUT2D eigenvalue weighted by molar-refractivity contribution is 0.101. The largest absolute Gasteiger partial charge is 0.322 e. The molecule has 6 nitrogen and oxygen atoms in total. The maximum atomic E-state index is 12.5. The van der Waals surface area contributed by atoms with Crippen LogP contribution in [0.2, 0.25) is 0 Å². The van der Waals surface area contributed by atoms with Crippen LogP contribution >= 0.6 is 11.3 Å². The highest BCUT2D eigenvalue weighted by molar-refractivity contribution is 7.90. The number of hydrogen-bond acceptors (Lipinski definition) is 5. The quantitative estimate of drug-likeness (QED) is 0.684. The van der Waals surface area contributed by atoms with Gasteiger partial charge in [-0.3, -0.25) is 9.59 Å². The fraction of sp³-hybridized carbons (Fsp3) is 0.0526. The minimum absolute atomic E-state index is 0.122. The zero-order chi connectivity index (χ0) is 19.4. The number of benzene rings is 2. The Hall–Kier alpha value is -2.97. The van der Waals surface area contributed by atoms with E-state index in [0.29, 0.717) is 21.8 Å². The van der Waals surface area contributed by atoms with Crippen molar-refractivity contribution in [1.29, 1.82) is 0 Å². The second kappa shape index (κ2) is 7.73. The number of nitrogens with one attached hydrogen (secondary N) is 2. The third-order valence-corrected chi connectivity index (χ3v) is 5.63. The van der Waals surface area contributed by atoms with Gasteiger partial charge in [0.25, 0.3) is 11.8 Å². The fourth-order valence-electron chi connectivity index (χ4n) is 2.35. The Labute approximate surface area is 160 Å². The molecule has 0 bridgehead atoms. The van der Waals surface area contributed by atoms with Crippen LogP contribution in [0.15, 0.2) is 70.9 Å². The SMILES string of the molecule is CS(=O)(=O)c1cccc(NC(=O)c2cccc(NC(=O)c3cccs3)c2)c1. The van der Waals surface area contributed by atoms with Gasteiger partial charge < -0.3 is 10.6 Å². The summed E-state index contributed by atoms with van der Waals surface area (Å²) in [6.45, 7) is 0. The maximum Gasteiger partial charge on any atom is 0.265 e. The molecule has 0 saturated carbocycles. The molecule has 27 heavy (non-hydrogen) atoms. The highest BCUT2D eigenvalue weighted by atomic mass is 32.2. The second-order valence-corrected chi connectivity index (χ2v) is 8.73. The van der Waals surface area contributed by atoms with Crippen molar-refractivity contribution in [3.05, 3.63) is 76.5 Å². The molecule has 0 unspecified atom stereocenters. The minimum Gasteiger partial charge on any atom is -0.322 e. The van der Waals surface area contributed by atoms with Crippen molar-refractivity contribution in [3.63, 3.8) is 0 Å². The van der Waals surface area contributed by atoms with Crippen molar-refractivity contribution in [3.8, 4) is 0 Å². The van der Waals surface area contributed by atoms with Gasteiger partial charge in [0, 0.05) is 23.2 Å². The Morgan fingerprint density at radius 1 is 0.852 bits per heavy atom. The molecule has 0 aliphatic rings. The Morgan fingerprint density at radius 2 is 1.52 bits per heavy atom. The molecule has 1 aromatic heterocycles. The van der Waals surface area contributed by atoms with Crippen LogP contribution in [0, 0.1) is 0 Å². The predicted molar refractivity (Wildman–Crippen MR) is 106 cm³/mol. The summed E-state index contributed by atoms with van der Waals surface area (Å²) in [4.78, 5) is 25.3. The minimum atomic E-state index is -3.37. The van der Waals surface area contributed by atoms with Gasteiger partial charge in [0.05, 0.1) is 9.77 Å². The Bertz CT molecular complexity index is 1090. The van der Waals surface area contributed by atoms with E-state index in [9.17, 15) is 18.0 Å². The Kier molecular flexibility index (Phi) is 5.38. The molecule has 3 aromatic rings. The number of sulfone groups is 1. The standard InChI is InChI=1S/C19H16N2O4S2/c1-27(24,25)16-8-3-7-15(12-16)20-18(22)13-5-2-6-14(11-13)21-19(23)17-9-4-10-26-17/h2-12H,1H3,(H,20,22)(H,21,23). The number of hydrogen-bond donors (Lipinski definition) is 2. The molecule has 2 amide bonds. The number of thiophene rings is 1. The molecule has 0 atom stereocenters. The number of rotatable bonds is 5. The van der Waals surface area contributed by atoms with Gasteiger partial charge in [0.2, 0.25) is 0 Å². The highest BCUT2D eigenvalue weighted by Gasteiger charge is 2.12. The van der Waals surface area contributed by atoms with Crippen molar-refractivity contribution in [2.45, 2.75) is 4.90 Å². The molecule has 2 N–H and O–H groups in total. The molecule has 0 radical (unpaired) electrons. The summed E-state index contributed by atoms with van der Waals surface area (Å²) in [7, 11) is -3.37. The molecule has 0 aliphatic carbocycles. The van der Waals surface area contributed by atoms with E-state index in [1.54, 1.807) is 48.5 Å². The van der Waals surface area contributed by atoms with E-state index in [1.807, 2.05) is 5.38 Å². The summed E-state index contributed by atoms with van der Waals surface area (Å²) in [5, 5.41) is 7.22. The molecule has 0 aliphatic heterocycles. The van der Waals surface area contributed by atoms with Gasteiger partial charge >= 0.3 is 0 Å². The Balaban J connectivity index is 1.75. The number of anilines is 2. The number of carbonyl (C=O) groups excluding carboxylic acids is 2. The molecule has 0 fully saturated rings. The van der Waals surface area contributed by atoms with Crippen molar-refractivity contribution >= 4 is 44.4 Å². The average molecular weight is 400 g/mol. The molecule has 2 aromatic carbocycles. The second-order valence-electron chi connectivity index (χ2n) is 5.77. The molecular formula is C19H16N2O4S2. The monoisotopic (exact) mass is 400 g/mol. The zero-order valence-electron chi connectivity index (χ0n) is 14.3. The molecule has 8 heteroatoms. The smallest absolute Gasteiger partial charge is 0.265 e. The number of amides is 2. The first kappa shape index (κ1) is 18.8. The summed E-state index contributed by atoms with van der Waals surface area (Å²) in [6, 6.07) is 16.0. The van der Waals surface area contributed by atoms with Gasteiger partial charge in [0.15, 0.2) is 9.84 Å². The van der Waals surface area contributed by atoms with Crippen LogP contribution in [0.25, 0.3) is 0 Å². The van der Waals surface area contributed by atoms with E-state index in [0.717, 1.165) is 6.26 Å². The van der Waals surface area contributed by atoms with Crippen LogP contribution in [0.5, 0.6) is 0 Å². The molecule has 0 saturated heterocycles. The highest BCUT2D eigenvalue weighted by Crippen LogP contribution is 2.18. The van der Waals surface area contributed by atoms with E-state index in [-0.39, 0.29) is 10.8 Å². The van der Waals surface area contributed by atoms with Crippen molar-refractivity contribution in [1.82, 2.24) is 0 Å². The lowest BCUT2D eigenvalue weighted by Crippen LogP contribution is -2.14. The van der Waals surface area contributed by atoms with Gasteiger partial charge in [-0.15, -0.1) is 11.3 Å². The van der Waals surface area contributed by atoms with E-state index in [4.69, 9.17) is 0 Å². The summed E-state index contributed by atoms with van der Waals surface area (Å²) in [6.07, 6.45) is 1.10. The summed E-state index contributed by atoms with van der Waals surface area (Å²) in [5.74, 6) is -0.656. The van der Waals surface area contributed by atoms with Crippen molar-refractivity contribution in [2.75, 3.05) is 16.9 Å². The third-order valence-electron chi connectivity index (χ3n) is 3.65. The molecule has 3 rings (SSSR count). The van der Waals surface area contributed by atoms with Crippen LogP contribution in [-0.4, -0.2) is 26.5 Å². The van der Waals surface area contributed by atoms with Crippen molar-refractivity contribution < 1.29 is 18.0 Å². The summed E-state index contributed by atoms with van der Waals surface area (Å²) < 4.78 is 23.3. The average Bonchev–Trinajstić information content (AvgIpc) is 3.16. The summed E-state index contributed by atoms with van der Waals surface area (Å²) >= 11 is 1.33. The topological polar surface area (TPSA) is 92.3 Å². The van der Waals surface area contributed by atoms with Crippen LogP contribution in [0.1, 0.15) is 20.0 Å².